The smallest absolute Gasteiger partial charge is 0.0951 e. The predicted molar refractivity (Wildman–Crippen MR) is 84.3 cm³/mol. The minimum absolute atomic E-state index is 0.363. The van der Waals surface area contributed by atoms with Crippen LogP contribution in [-0.2, 0) is 17.0 Å². The average Bonchev–Trinajstić information content (AvgIpc) is 3.01. The SMILES string of the molecule is CC1(C)C2CCC1(C)C(OCCc1nc(CCl)cs1)C2. The van der Waals surface area contributed by atoms with E-state index in [9.17, 15) is 0 Å². The van der Waals surface area contributed by atoms with Crippen LogP contribution in [0.3, 0.4) is 0 Å². The highest BCUT2D eigenvalue weighted by Crippen LogP contribution is 2.66. The molecule has 0 aliphatic heterocycles. The first-order valence-electron chi connectivity index (χ1n) is 7.58. The Morgan fingerprint density at radius 3 is 2.80 bits per heavy atom. The van der Waals surface area contributed by atoms with E-state index in [1.54, 1.807) is 11.3 Å². The molecule has 1 aromatic heterocycles. The summed E-state index contributed by atoms with van der Waals surface area (Å²) in [6, 6.07) is 0. The van der Waals surface area contributed by atoms with E-state index in [-0.39, 0.29) is 0 Å². The molecule has 2 fully saturated rings. The zero-order valence-electron chi connectivity index (χ0n) is 12.6. The van der Waals surface area contributed by atoms with Gasteiger partial charge in [0.2, 0.25) is 0 Å². The van der Waals surface area contributed by atoms with Crippen LogP contribution in [0, 0.1) is 16.7 Å². The molecule has 2 aliphatic rings. The van der Waals surface area contributed by atoms with Gasteiger partial charge in [-0.25, -0.2) is 4.98 Å². The van der Waals surface area contributed by atoms with E-state index in [0.29, 0.717) is 22.8 Å². The van der Waals surface area contributed by atoms with Gasteiger partial charge in [0, 0.05) is 11.8 Å². The van der Waals surface area contributed by atoms with Gasteiger partial charge in [-0.15, -0.1) is 22.9 Å². The van der Waals surface area contributed by atoms with Crippen LogP contribution in [0.4, 0.5) is 0 Å². The molecule has 0 saturated heterocycles. The zero-order chi connectivity index (χ0) is 14.4. The van der Waals surface area contributed by atoms with Crippen molar-refractivity contribution in [1.29, 1.82) is 0 Å². The van der Waals surface area contributed by atoms with Crippen LogP contribution in [0.25, 0.3) is 0 Å². The van der Waals surface area contributed by atoms with Crippen LogP contribution in [0.1, 0.15) is 50.7 Å². The van der Waals surface area contributed by atoms with E-state index in [2.05, 4.69) is 25.8 Å². The first kappa shape index (κ1) is 14.8. The fraction of sp³-hybridized carbons (Fsp3) is 0.812. The Kier molecular flexibility index (Phi) is 3.89. The van der Waals surface area contributed by atoms with E-state index >= 15 is 0 Å². The minimum atomic E-state index is 0.363. The fourth-order valence-electron chi connectivity index (χ4n) is 4.20. The predicted octanol–water partition coefficient (Wildman–Crippen LogP) is 4.66. The first-order chi connectivity index (χ1) is 9.47. The van der Waals surface area contributed by atoms with E-state index in [1.807, 2.05) is 5.38 Å². The molecular formula is C16H24ClNOS. The Labute approximate surface area is 130 Å². The Morgan fingerprint density at radius 2 is 2.25 bits per heavy atom. The first-order valence-corrected chi connectivity index (χ1v) is 8.99. The number of aromatic nitrogens is 1. The molecule has 1 heterocycles. The Bertz CT molecular complexity index is 487. The van der Waals surface area contributed by atoms with Crippen LogP contribution in [0.15, 0.2) is 5.38 Å². The van der Waals surface area contributed by atoms with Gasteiger partial charge in [-0.1, -0.05) is 20.8 Å². The van der Waals surface area contributed by atoms with Gasteiger partial charge < -0.3 is 4.74 Å². The summed E-state index contributed by atoms with van der Waals surface area (Å²) in [5, 5.41) is 3.19. The second-order valence-electron chi connectivity index (χ2n) is 7.09. The molecule has 3 unspecified atom stereocenters. The van der Waals surface area contributed by atoms with Gasteiger partial charge in [-0.2, -0.15) is 0 Å². The minimum Gasteiger partial charge on any atom is -0.377 e. The second kappa shape index (κ2) is 5.26. The van der Waals surface area contributed by atoms with Crippen LogP contribution in [-0.4, -0.2) is 17.7 Å². The number of hydrogen-bond acceptors (Lipinski definition) is 3. The second-order valence-corrected chi connectivity index (χ2v) is 8.30. The van der Waals surface area contributed by atoms with E-state index < -0.39 is 0 Å². The lowest BCUT2D eigenvalue weighted by Gasteiger charge is -2.38. The van der Waals surface area contributed by atoms with Gasteiger partial charge >= 0.3 is 0 Å². The van der Waals surface area contributed by atoms with Gasteiger partial charge in [-0.3, -0.25) is 0 Å². The number of halogens is 1. The van der Waals surface area contributed by atoms with Crippen LogP contribution in [0.2, 0.25) is 0 Å². The molecule has 0 spiro atoms. The monoisotopic (exact) mass is 313 g/mol. The van der Waals surface area contributed by atoms with E-state index in [4.69, 9.17) is 16.3 Å². The summed E-state index contributed by atoms with van der Waals surface area (Å²) in [4.78, 5) is 4.49. The fourth-order valence-corrected chi connectivity index (χ4v) is 5.20. The summed E-state index contributed by atoms with van der Waals surface area (Å²) in [6.07, 6.45) is 5.30. The number of alkyl halides is 1. The summed E-state index contributed by atoms with van der Waals surface area (Å²) < 4.78 is 6.26. The molecule has 2 nitrogen and oxygen atoms in total. The molecule has 3 rings (SSSR count). The largest absolute Gasteiger partial charge is 0.377 e. The van der Waals surface area contributed by atoms with Gasteiger partial charge in [0.05, 0.1) is 29.3 Å². The van der Waals surface area contributed by atoms with Crippen molar-refractivity contribution in [1.82, 2.24) is 4.98 Å². The number of hydrogen-bond donors (Lipinski definition) is 0. The molecule has 4 heteroatoms. The Morgan fingerprint density at radius 1 is 1.45 bits per heavy atom. The van der Waals surface area contributed by atoms with Crippen LogP contribution < -0.4 is 0 Å². The maximum Gasteiger partial charge on any atom is 0.0951 e. The summed E-state index contributed by atoms with van der Waals surface area (Å²) in [7, 11) is 0. The highest BCUT2D eigenvalue weighted by Gasteiger charge is 2.61. The van der Waals surface area contributed by atoms with Crippen LogP contribution in [0.5, 0.6) is 0 Å². The summed E-state index contributed by atoms with van der Waals surface area (Å²) in [5.41, 5.74) is 1.78. The third kappa shape index (κ3) is 2.22. The quantitative estimate of drug-likeness (QED) is 0.738. The van der Waals surface area contributed by atoms with Crippen molar-refractivity contribution in [3.63, 3.8) is 0 Å². The van der Waals surface area contributed by atoms with Crippen molar-refractivity contribution in [2.75, 3.05) is 6.61 Å². The summed E-state index contributed by atoms with van der Waals surface area (Å²) in [5.74, 6) is 1.36. The van der Waals surface area contributed by atoms with Crippen molar-refractivity contribution in [2.45, 2.75) is 58.4 Å². The Balaban J connectivity index is 1.55. The summed E-state index contributed by atoms with van der Waals surface area (Å²) >= 11 is 7.48. The van der Waals surface area contributed by atoms with Gasteiger partial charge in [0.25, 0.3) is 0 Å². The van der Waals surface area contributed by atoms with Crippen molar-refractivity contribution in [2.24, 2.45) is 16.7 Å². The number of thiazole rings is 1. The topological polar surface area (TPSA) is 22.1 Å². The molecular weight excluding hydrogens is 290 g/mol. The third-order valence-electron chi connectivity index (χ3n) is 6.09. The van der Waals surface area contributed by atoms with Crippen molar-refractivity contribution in [3.8, 4) is 0 Å². The lowest BCUT2D eigenvalue weighted by Crippen LogP contribution is -2.37. The molecule has 2 saturated carbocycles. The molecule has 0 N–H and O–H groups in total. The number of nitrogens with zero attached hydrogens (tertiary/aromatic N) is 1. The normalized spacial score (nSPS) is 34.8. The molecule has 20 heavy (non-hydrogen) atoms. The van der Waals surface area contributed by atoms with Gasteiger partial charge in [0.15, 0.2) is 0 Å². The molecule has 2 bridgehead atoms. The molecule has 2 aliphatic carbocycles. The maximum absolute atomic E-state index is 6.26. The summed E-state index contributed by atoms with van der Waals surface area (Å²) in [6.45, 7) is 8.08. The number of fused-ring (bicyclic) bond motifs is 2. The van der Waals surface area contributed by atoms with Crippen molar-refractivity contribution < 1.29 is 4.74 Å². The third-order valence-corrected chi connectivity index (χ3v) is 7.32. The number of ether oxygens (including phenoxy) is 1. The lowest BCUT2D eigenvalue weighted by molar-refractivity contribution is -0.0452. The molecule has 0 amide bonds. The van der Waals surface area contributed by atoms with Gasteiger partial charge in [-0.05, 0) is 36.0 Å². The molecule has 0 radical (unpaired) electrons. The highest BCUT2D eigenvalue weighted by atomic mass is 35.5. The maximum atomic E-state index is 6.26. The number of rotatable bonds is 5. The van der Waals surface area contributed by atoms with Crippen molar-refractivity contribution >= 4 is 22.9 Å². The van der Waals surface area contributed by atoms with Gasteiger partial charge in [0.1, 0.15) is 0 Å². The highest BCUT2D eigenvalue weighted by molar-refractivity contribution is 7.09. The Hall–Kier alpha value is -0.120. The lowest BCUT2D eigenvalue weighted by atomic mass is 9.70. The molecule has 0 aromatic carbocycles. The molecule has 1 aromatic rings. The zero-order valence-corrected chi connectivity index (χ0v) is 14.2. The van der Waals surface area contributed by atoms with E-state index in [1.165, 1.54) is 19.3 Å². The molecule has 112 valence electrons. The molecule has 3 atom stereocenters. The average molecular weight is 314 g/mol. The van der Waals surface area contributed by atoms with Crippen molar-refractivity contribution in [3.05, 3.63) is 16.1 Å². The van der Waals surface area contributed by atoms with Crippen LogP contribution >= 0.6 is 22.9 Å². The standard InChI is InChI=1S/C16H24ClNOS/c1-15(2)11-4-6-16(15,3)13(8-11)19-7-5-14-18-12(9-17)10-20-14/h10-11,13H,4-9H2,1-3H3. The van der Waals surface area contributed by atoms with E-state index in [0.717, 1.165) is 29.6 Å².